The van der Waals surface area contributed by atoms with Gasteiger partial charge in [-0.3, -0.25) is 0 Å². The molecule has 1 aliphatic rings. The fraction of sp³-hybridized carbons (Fsp3) is 0.400. The molecule has 0 bridgehead atoms. The molecule has 0 saturated heterocycles. The molecule has 21 heavy (non-hydrogen) atoms. The highest BCUT2D eigenvalue weighted by Crippen LogP contribution is 2.43. The minimum absolute atomic E-state index is 0.310. The van der Waals surface area contributed by atoms with Crippen molar-refractivity contribution in [1.82, 2.24) is 0 Å². The van der Waals surface area contributed by atoms with Crippen LogP contribution in [0.15, 0.2) is 60.7 Å². The van der Waals surface area contributed by atoms with Gasteiger partial charge in [-0.25, -0.2) is 0 Å². The van der Waals surface area contributed by atoms with Crippen molar-refractivity contribution >= 4 is 0 Å². The molecule has 0 aromatic heterocycles. The van der Waals surface area contributed by atoms with E-state index < -0.39 is 5.60 Å². The summed E-state index contributed by atoms with van der Waals surface area (Å²) in [6.07, 6.45) is 7.28. The van der Waals surface area contributed by atoms with Crippen LogP contribution in [0.2, 0.25) is 0 Å². The molecule has 1 heteroatoms. The normalized spacial score (nSPS) is 17.4. The van der Waals surface area contributed by atoms with Crippen molar-refractivity contribution in [2.45, 2.75) is 44.1 Å². The highest BCUT2D eigenvalue weighted by molar-refractivity contribution is 5.37. The SMILES string of the molecule is OC(c1ccccc1)(c1ccccc1)C1CCCCCC1. The third kappa shape index (κ3) is 2.89. The van der Waals surface area contributed by atoms with Crippen molar-refractivity contribution in [3.05, 3.63) is 71.8 Å². The second-order valence-electron chi connectivity index (χ2n) is 6.19. The van der Waals surface area contributed by atoms with Gasteiger partial charge in [0.25, 0.3) is 0 Å². The van der Waals surface area contributed by atoms with Gasteiger partial charge in [-0.05, 0) is 29.9 Å². The van der Waals surface area contributed by atoms with Crippen LogP contribution in [0.4, 0.5) is 0 Å². The third-order valence-corrected chi connectivity index (χ3v) is 4.87. The summed E-state index contributed by atoms with van der Waals surface area (Å²) in [6, 6.07) is 20.4. The lowest BCUT2D eigenvalue weighted by Gasteiger charge is -2.37. The number of hydrogen-bond acceptors (Lipinski definition) is 1. The van der Waals surface area contributed by atoms with Crippen LogP contribution in [0, 0.1) is 5.92 Å². The molecule has 1 N–H and O–H groups in total. The van der Waals surface area contributed by atoms with Crippen LogP contribution >= 0.6 is 0 Å². The van der Waals surface area contributed by atoms with Gasteiger partial charge in [0.05, 0.1) is 0 Å². The first-order valence-electron chi connectivity index (χ1n) is 8.15. The molecular weight excluding hydrogens is 256 g/mol. The van der Waals surface area contributed by atoms with Gasteiger partial charge in [0, 0.05) is 0 Å². The van der Waals surface area contributed by atoms with Gasteiger partial charge < -0.3 is 5.11 Å². The van der Waals surface area contributed by atoms with Crippen LogP contribution < -0.4 is 0 Å². The number of hydrogen-bond donors (Lipinski definition) is 1. The maximum Gasteiger partial charge on any atom is 0.117 e. The quantitative estimate of drug-likeness (QED) is 0.793. The van der Waals surface area contributed by atoms with Crippen LogP contribution in [0.25, 0.3) is 0 Å². The molecule has 1 aliphatic carbocycles. The predicted molar refractivity (Wildman–Crippen MR) is 87.1 cm³/mol. The molecule has 0 radical (unpaired) electrons. The van der Waals surface area contributed by atoms with Crippen molar-refractivity contribution in [2.24, 2.45) is 5.92 Å². The Labute approximate surface area is 127 Å². The maximum atomic E-state index is 11.7. The lowest BCUT2D eigenvalue weighted by atomic mass is 9.73. The van der Waals surface area contributed by atoms with Gasteiger partial charge in [0.2, 0.25) is 0 Å². The van der Waals surface area contributed by atoms with Crippen molar-refractivity contribution in [3.8, 4) is 0 Å². The largest absolute Gasteiger partial charge is 0.380 e. The van der Waals surface area contributed by atoms with E-state index in [4.69, 9.17) is 0 Å². The molecule has 1 nitrogen and oxygen atoms in total. The van der Waals surface area contributed by atoms with Crippen molar-refractivity contribution in [1.29, 1.82) is 0 Å². The zero-order valence-corrected chi connectivity index (χ0v) is 12.5. The van der Waals surface area contributed by atoms with Gasteiger partial charge in [-0.15, -0.1) is 0 Å². The average molecular weight is 280 g/mol. The molecule has 3 rings (SSSR count). The van der Waals surface area contributed by atoms with Gasteiger partial charge in [0.1, 0.15) is 5.60 Å². The number of rotatable bonds is 3. The second-order valence-corrected chi connectivity index (χ2v) is 6.19. The van der Waals surface area contributed by atoms with Gasteiger partial charge >= 0.3 is 0 Å². The van der Waals surface area contributed by atoms with E-state index in [2.05, 4.69) is 24.3 Å². The second kappa shape index (κ2) is 6.44. The number of benzene rings is 2. The molecule has 110 valence electrons. The number of aliphatic hydroxyl groups is 1. The average Bonchev–Trinajstić information content (AvgIpc) is 2.85. The van der Waals surface area contributed by atoms with Crippen molar-refractivity contribution in [3.63, 3.8) is 0 Å². The van der Waals surface area contributed by atoms with Crippen molar-refractivity contribution in [2.75, 3.05) is 0 Å². The predicted octanol–water partition coefficient (Wildman–Crippen LogP) is 4.89. The zero-order valence-electron chi connectivity index (χ0n) is 12.5. The topological polar surface area (TPSA) is 20.2 Å². The summed E-state index contributed by atoms with van der Waals surface area (Å²) in [5, 5.41) is 11.7. The highest BCUT2D eigenvalue weighted by Gasteiger charge is 2.39. The van der Waals surface area contributed by atoms with Crippen LogP contribution in [-0.4, -0.2) is 5.11 Å². The molecule has 0 unspecified atom stereocenters. The Hall–Kier alpha value is -1.60. The molecule has 0 aliphatic heterocycles. The monoisotopic (exact) mass is 280 g/mol. The minimum atomic E-state index is -0.854. The molecule has 0 atom stereocenters. The third-order valence-electron chi connectivity index (χ3n) is 4.87. The van der Waals surface area contributed by atoms with Crippen molar-refractivity contribution < 1.29 is 5.11 Å². The van der Waals surface area contributed by atoms with Gasteiger partial charge in [-0.2, -0.15) is 0 Å². The fourth-order valence-corrected chi connectivity index (χ4v) is 3.72. The zero-order chi connectivity index (χ0) is 14.5. The Kier molecular flexibility index (Phi) is 4.40. The van der Waals surface area contributed by atoms with Crippen LogP contribution in [0.5, 0.6) is 0 Å². The summed E-state index contributed by atoms with van der Waals surface area (Å²) in [6.45, 7) is 0. The van der Waals surface area contributed by atoms with E-state index in [1.807, 2.05) is 36.4 Å². The smallest absolute Gasteiger partial charge is 0.117 e. The molecule has 0 spiro atoms. The van der Waals surface area contributed by atoms with E-state index in [1.165, 1.54) is 25.7 Å². The Balaban J connectivity index is 2.06. The first-order valence-corrected chi connectivity index (χ1v) is 8.15. The molecule has 2 aromatic rings. The summed E-state index contributed by atoms with van der Waals surface area (Å²) in [5.74, 6) is 0.310. The summed E-state index contributed by atoms with van der Waals surface area (Å²) in [7, 11) is 0. The first-order chi connectivity index (χ1) is 10.3. The summed E-state index contributed by atoms with van der Waals surface area (Å²) in [4.78, 5) is 0. The van der Waals surface area contributed by atoms with E-state index >= 15 is 0 Å². The minimum Gasteiger partial charge on any atom is -0.380 e. The first kappa shape index (κ1) is 14.3. The maximum absolute atomic E-state index is 11.7. The highest BCUT2D eigenvalue weighted by atomic mass is 16.3. The molecule has 0 heterocycles. The van der Waals surface area contributed by atoms with E-state index in [0.717, 1.165) is 24.0 Å². The summed E-state index contributed by atoms with van der Waals surface area (Å²) in [5.41, 5.74) is 1.21. The van der Waals surface area contributed by atoms with Crippen LogP contribution in [0.1, 0.15) is 49.7 Å². The van der Waals surface area contributed by atoms with Gasteiger partial charge in [0.15, 0.2) is 0 Å². The lowest BCUT2D eigenvalue weighted by molar-refractivity contribution is 0.00898. The standard InChI is InChI=1S/C20H24O/c21-20(18-13-7-3-8-14-18,19-15-9-4-10-16-19)17-11-5-1-2-6-12-17/h3-4,7-10,13-17,21H,1-2,5-6,11-12H2. The van der Waals surface area contributed by atoms with Gasteiger partial charge in [-0.1, -0.05) is 86.3 Å². The van der Waals surface area contributed by atoms with E-state index in [9.17, 15) is 5.11 Å². The Morgan fingerprint density at radius 1 is 0.667 bits per heavy atom. The summed E-state index contributed by atoms with van der Waals surface area (Å²) < 4.78 is 0. The van der Waals surface area contributed by atoms with Crippen LogP contribution in [-0.2, 0) is 5.60 Å². The van der Waals surface area contributed by atoms with E-state index in [0.29, 0.717) is 5.92 Å². The molecule has 1 fully saturated rings. The van der Waals surface area contributed by atoms with E-state index in [-0.39, 0.29) is 0 Å². The Bertz CT molecular complexity index is 499. The molecule has 0 amide bonds. The molecular formula is C20H24O. The van der Waals surface area contributed by atoms with E-state index in [1.54, 1.807) is 0 Å². The van der Waals surface area contributed by atoms with Crippen LogP contribution in [0.3, 0.4) is 0 Å². The Morgan fingerprint density at radius 3 is 1.52 bits per heavy atom. The molecule has 2 aromatic carbocycles. The summed E-state index contributed by atoms with van der Waals surface area (Å²) >= 11 is 0. The molecule has 1 saturated carbocycles. The Morgan fingerprint density at radius 2 is 1.10 bits per heavy atom. The lowest BCUT2D eigenvalue weighted by Crippen LogP contribution is -2.36. The fourth-order valence-electron chi connectivity index (χ4n) is 3.72.